The van der Waals surface area contributed by atoms with E-state index in [1.807, 2.05) is 0 Å². The van der Waals surface area contributed by atoms with Crippen molar-refractivity contribution in [3.63, 3.8) is 0 Å². The standard InChI is InChI=1S/C22H29N3O3/c23-24-22(26)17-9-11-25(12-10-17)14-20-19-6-2-1-4-16(19)7-8-21(20)28-15-18-5-3-13-27-18/h1-2,4,6-8,17-18H,3,5,9-15,23H2,(H,24,26). The number of nitrogens with zero attached hydrogens (tertiary/aromatic N) is 1. The Bertz CT molecular complexity index is 812. The van der Waals surface area contributed by atoms with Crippen LogP contribution in [0.3, 0.4) is 0 Å². The molecule has 0 aliphatic carbocycles. The minimum Gasteiger partial charge on any atom is -0.491 e. The van der Waals surface area contributed by atoms with Gasteiger partial charge in [0.2, 0.25) is 5.91 Å². The van der Waals surface area contributed by atoms with E-state index in [1.165, 1.54) is 16.3 Å². The highest BCUT2D eigenvalue weighted by Crippen LogP contribution is 2.31. The lowest BCUT2D eigenvalue weighted by Crippen LogP contribution is -2.42. The molecule has 6 nitrogen and oxygen atoms in total. The van der Waals surface area contributed by atoms with Crippen molar-refractivity contribution in [1.82, 2.24) is 10.3 Å². The second-order valence-electron chi connectivity index (χ2n) is 7.77. The van der Waals surface area contributed by atoms with E-state index >= 15 is 0 Å². The van der Waals surface area contributed by atoms with Crippen molar-refractivity contribution in [3.8, 4) is 5.75 Å². The van der Waals surface area contributed by atoms with E-state index < -0.39 is 0 Å². The van der Waals surface area contributed by atoms with Crippen molar-refractivity contribution in [3.05, 3.63) is 42.0 Å². The first-order chi connectivity index (χ1) is 13.7. The molecule has 28 heavy (non-hydrogen) atoms. The number of hydrazine groups is 1. The summed E-state index contributed by atoms with van der Waals surface area (Å²) >= 11 is 0. The number of piperidine rings is 1. The summed E-state index contributed by atoms with van der Waals surface area (Å²) < 4.78 is 11.9. The summed E-state index contributed by atoms with van der Waals surface area (Å²) in [4.78, 5) is 14.2. The van der Waals surface area contributed by atoms with E-state index in [1.54, 1.807) is 0 Å². The topological polar surface area (TPSA) is 76.8 Å². The molecule has 2 aromatic carbocycles. The second kappa shape index (κ2) is 8.90. The summed E-state index contributed by atoms with van der Waals surface area (Å²) in [6.07, 6.45) is 4.05. The van der Waals surface area contributed by atoms with Crippen LogP contribution >= 0.6 is 0 Å². The van der Waals surface area contributed by atoms with Gasteiger partial charge in [-0.15, -0.1) is 0 Å². The van der Waals surface area contributed by atoms with Crippen LogP contribution in [0.5, 0.6) is 5.75 Å². The van der Waals surface area contributed by atoms with Crippen LogP contribution in [-0.4, -0.2) is 43.2 Å². The molecule has 0 aromatic heterocycles. The largest absolute Gasteiger partial charge is 0.491 e. The van der Waals surface area contributed by atoms with Crippen molar-refractivity contribution >= 4 is 16.7 Å². The predicted molar refractivity (Wildman–Crippen MR) is 109 cm³/mol. The van der Waals surface area contributed by atoms with Gasteiger partial charge in [-0.25, -0.2) is 5.84 Å². The molecule has 0 spiro atoms. The molecule has 3 N–H and O–H groups in total. The van der Waals surface area contributed by atoms with Crippen LogP contribution < -0.4 is 16.0 Å². The number of amides is 1. The SMILES string of the molecule is NNC(=O)C1CCN(Cc2c(OCC3CCCO3)ccc3ccccc23)CC1. The fourth-order valence-corrected chi connectivity index (χ4v) is 4.27. The lowest BCUT2D eigenvalue weighted by molar-refractivity contribution is -0.126. The molecule has 1 atom stereocenters. The number of hydrogen-bond donors (Lipinski definition) is 2. The van der Waals surface area contributed by atoms with Crippen molar-refractivity contribution in [2.24, 2.45) is 11.8 Å². The Morgan fingerprint density at radius 2 is 2.00 bits per heavy atom. The molecular weight excluding hydrogens is 354 g/mol. The number of carbonyl (C=O) groups is 1. The van der Waals surface area contributed by atoms with Gasteiger partial charge in [0, 0.05) is 24.6 Å². The summed E-state index contributed by atoms with van der Waals surface area (Å²) in [5.41, 5.74) is 3.51. The maximum Gasteiger partial charge on any atom is 0.237 e. The monoisotopic (exact) mass is 383 g/mol. The van der Waals surface area contributed by atoms with Crippen molar-refractivity contribution in [2.75, 3.05) is 26.3 Å². The molecular formula is C22H29N3O3. The molecule has 4 rings (SSSR count). The highest BCUT2D eigenvalue weighted by Gasteiger charge is 2.25. The average molecular weight is 383 g/mol. The maximum absolute atomic E-state index is 11.8. The Hall–Kier alpha value is -2.15. The third-order valence-corrected chi connectivity index (χ3v) is 5.93. The molecule has 2 aromatic rings. The van der Waals surface area contributed by atoms with Crippen LogP contribution in [0.15, 0.2) is 36.4 Å². The van der Waals surface area contributed by atoms with Crippen molar-refractivity contribution in [2.45, 2.75) is 38.3 Å². The molecule has 2 heterocycles. The Kier molecular flexibility index (Phi) is 6.10. The molecule has 0 saturated carbocycles. The zero-order chi connectivity index (χ0) is 19.3. The van der Waals surface area contributed by atoms with Gasteiger partial charge in [0.05, 0.1) is 6.10 Å². The van der Waals surface area contributed by atoms with Crippen LogP contribution in [0.25, 0.3) is 10.8 Å². The Labute approximate surface area is 165 Å². The van der Waals surface area contributed by atoms with Crippen molar-refractivity contribution < 1.29 is 14.3 Å². The van der Waals surface area contributed by atoms with Crippen molar-refractivity contribution in [1.29, 1.82) is 0 Å². The van der Waals surface area contributed by atoms with Gasteiger partial charge in [-0.05, 0) is 55.6 Å². The lowest BCUT2D eigenvalue weighted by atomic mass is 9.95. The lowest BCUT2D eigenvalue weighted by Gasteiger charge is -2.31. The van der Waals surface area contributed by atoms with Gasteiger partial charge in [0.15, 0.2) is 0 Å². The first-order valence-corrected chi connectivity index (χ1v) is 10.2. The van der Waals surface area contributed by atoms with Crippen LogP contribution in [0.4, 0.5) is 0 Å². The predicted octanol–water partition coefficient (Wildman–Crippen LogP) is 2.60. The number of fused-ring (bicyclic) bond motifs is 1. The smallest absolute Gasteiger partial charge is 0.237 e. The molecule has 1 amide bonds. The fraction of sp³-hybridized carbons (Fsp3) is 0.500. The summed E-state index contributed by atoms with van der Waals surface area (Å²) in [5.74, 6) is 6.20. The van der Waals surface area contributed by atoms with Gasteiger partial charge in [-0.2, -0.15) is 0 Å². The number of rotatable bonds is 6. The maximum atomic E-state index is 11.8. The summed E-state index contributed by atoms with van der Waals surface area (Å²) in [6, 6.07) is 12.7. The Morgan fingerprint density at radius 1 is 1.18 bits per heavy atom. The highest BCUT2D eigenvalue weighted by molar-refractivity contribution is 5.87. The average Bonchev–Trinajstić information content (AvgIpc) is 3.27. The first kappa shape index (κ1) is 19.2. The van der Waals surface area contributed by atoms with Crippen LogP contribution in [-0.2, 0) is 16.1 Å². The summed E-state index contributed by atoms with van der Waals surface area (Å²) in [6.45, 7) is 4.02. The minimum absolute atomic E-state index is 0.0176. The van der Waals surface area contributed by atoms with Crippen LogP contribution in [0.2, 0.25) is 0 Å². The number of ether oxygens (including phenoxy) is 2. The fourth-order valence-electron chi connectivity index (χ4n) is 4.27. The van der Waals surface area contributed by atoms with Gasteiger partial charge in [-0.3, -0.25) is 15.1 Å². The van der Waals surface area contributed by atoms with E-state index in [2.05, 4.69) is 46.7 Å². The zero-order valence-electron chi connectivity index (χ0n) is 16.2. The van der Waals surface area contributed by atoms with Gasteiger partial charge >= 0.3 is 0 Å². The molecule has 150 valence electrons. The Balaban J connectivity index is 1.50. The van der Waals surface area contributed by atoms with Crippen LogP contribution in [0.1, 0.15) is 31.2 Å². The third-order valence-electron chi connectivity index (χ3n) is 5.93. The van der Waals surface area contributed by atoms with Gasteiger partial charge < -0.3 is 9.47 Å². The number of hydrogen-bond acceptors (Lipinski definition) is 5. The van der Waals surface area contributed by atoms with E-state index in [0.717, 1.165) is 57.7 Å². The first-order valence-electron chi connectivity index (χ1n) is 10.2. The Morgan fingerprint density at radius 3 is 2.75 bits per heavy atom. The van der Waals surface area contributed by atoms with Gasteiger partial charge in [0.25, 0.3) is 0 Å². The minimum atomic E-state index is -0.0506. The molecule has 0 bridgehead atoms. The quantitative estimate of drug-likeness (QED) is 0.456. The number of benzene rings is 2. The summed E-state index contributed by atoms with van der Waals surface area (Å²) in [7, 11) is 0. The normalized spacial score (nSPS) is 21.1. The molecule has 0 radical (unpaired) electrons. The second-order valence-corrected chi connectivity index (χ2v) is 7.77. The molecule has 2 aliphatic heterocycles. The molecule has 6 heteroatoms. The van der Waals surface area contributed by atoms with Crippen LogP contribution in [0, 0.1) is 5.92 Å². The van der Waals surface area contributed by atoms with Gasteiger partial charge in [-0.1, -0.05) is 30.3 Å². The highest BCUT2D eigenvalue weighted by atomic mass is 16.5. The number of carbonyl (C=O) groups excluding carboxylic acids is 1. The molecule has 2 aliphatic rings. The van der Waals surface area contributed by atoms with E-state index in [-0.39, 0.29) is 17.9 Å². The molecule has 2 fully saturated rings. The number of nitrogens with two attached hydrogens (primary N) is 1. The molecule has 1 unspecified atom stereocenters. The number of likely N-dealkylation sites (tertiary alicyclic amines) is 1. The van der Waals surface area contributed by atoms with E-state index in [9.17, 15) is 4.79 Å². The van der Waals surface area contributed by atoms with E-state index in [0.29, 0.717) is 6.61 Å². The third kappa shape index (κ3) is 4.29. The van der Waals surface area contributed by atoms with Gasteiger partial charge in [0.1, 0.15) is 12.4 Å². The number of nitrogens with one attached hydrogen (secondary N) is 1. The molecule has 2 saturated heterocycles. The van der Waals surface area contributed by atoms with E-state index in [4.69, 9.17) is 15.3 Å². The summed E-state index contributed by atoms with van der Waals surface area (Å²) in [5, 5.41) is 2.45. The zero-order valence-corrected chi connectivity index (χ0v) is 16.2.